The Hall–Kier alpha value is -1.31. The molecule has 0 aliphatic carbocycles. The van der Waals surface area contributed by atoms with Crippen molar-refractivity contribution in [3.63, 3.8) is 0 Å². The van der Waals surface area contributed by atoms with Gasteiger partial charge >= 0.3 is 0 Å². The number of benzene rings is 1. The molecule has 0 aromatic heterocycles. The summed E-state index contributed by atoms with van der Waals surface area (Å²) in [5.74, 6) is 0.588. The molecule has 0 saturated heterocycles. The summed E-state index contributed by atoms with van der Waals surface area (Å²) >= 11 is 0. The maximum atomic E-state index is 11.6. The summed E-state index contributed by atoms with van der Waals surface area (Å²) in [5.41, 5.74) is 2.42. The third-order valence-corrected chi connectivity index (χ3v) is 2.60. The van der Waals surface area contributed by atoms with Gasteiger partial charge in [0.25, 0.3) is 0 Å². The molecule has 2 heteroatoms. The first-order valence-corrected chi connectivity index (χ1v) is 5.99. The van der Waals surface area contributed by atoms with Crippen molar-refractivity contribution in [1.82, 2.24) is 5.32 Å². The van der Waals surface area contributed by atoms with Gasteiger partial charge in [0.2, 0.25) is 5.91 Å². The van der Waals surface area contributed by atoms with E-state index in [4.69, 9.17) is 0 Å². The molecule has 1 amide bonds. The van der Waals surface area contributed by atoms with Gasteiger partial charge in [-0.1, -0.05) is 45.0 Å². The van der Waals surface area contributed by atoms with Crippen LogP contribution in [-0.2, 0) is 11.2 Å². The molecule has 16 heavy (non-hydrogen) atoms. The van der Waals surface area contributed by atoms with Crippen LogP contribution in [0.2, 0.25) is 0 Å². The molecule has 1 aromatic carbocycles. The second kappa shape index (κ2) is 6.31. The van der Waals surface area contributed by atoms with Crippen molar-refractivity contribution in [2.24, 2.45) is 0 Å². The van der Waals surface area contributed by atoms with Crippen LogP contribution in [0.3, 0.4) is 0 Å². The van der Waals surface area contributed by atoms with Gasteiger partial charge in [-0.25, -0.2) is 0 Å². The molecule has 0 unspecified atom stereocenters. The Balaban J connectivity index is 2.69. The molecule has 1 N–H and O–H groups in total. The van der Waals surface area contributed by atoms with Gasteiger partial charge in [0, 0.05) is 6.54 Å². The van der Waals surface area contributed by atoms with Gasteiger partial charge in [-0.3, -0.25) is 4.79 Å². The minimum Gasteiger partial charge on any atom is -0.356 e. The molecule has 0 aliphatic rings. The second-order valence-electron chi connectivity index (χ2n) is 4.38. The molecule has 2 nitrogen and oxygen atoms in total. The minimum absolute atomic E-state index is 0.120. The number of rotatable bonds is 5. The second-order valence-corrected chi connectivity index (χ2v) is 4.38. The van der Waals surface area contributed by atoms with E-state index in [0.29, 0.717) is 12.3 Å². The van der Waals surface area contributed by atoms with Crippen LogP contribution in [0.15, 0.2) is 24.3 Å². The van der Waals surface area contributed by atoms with Gasteiger partial charge in [0.05, 0.1) is 6.42 Å². The van der Waals surface area contributed by atoms with Gasteiger partial charge in [0.15, 0.2) is 0 Å². The highest BCUT2D eigenvalue weighted by Crippen LogP contribution is 2.19. The lowest BCUT2D eigenvalue weighted by atomic mass is 9.95. The molecule has 88 valence electrons. The van der Waals surface area contributed by atoms with Gasteiger partial charge < -0.3 is 5.32 Å². The number of hydrogen-bond donors (Lipinski definition) is 1. The van der Waals surface area contributed by atoms with Crippen LogP contribution < -0.4 is 5.32 Å². The van der Waals surface area contributed by atoms with Crippen LogP contribution in [0.1, 0.15) is 44.2 Å². The van der Waals surface area contributed by atoms with Gasteiger partial charge in [-0.05, 0) is 23.5 Å². The molecule has 0 radical (unpaired) electrons. The lowest BCUT2D eigenvalue weighted by molar-refractivity contribution is -0.120. The molecule has 0 aliphatic heterocycles. The maximum absolute atomic E-state index is 11.6. The molecule has 0 saturated carbocycles. The van der Waals surface area contributed by atoms with Crippen LogP contribution in [0.4, 0.5) is 0 Å². The van der Waals surface area contributed by atoms with E-state index in [0.717, 1.165) is 18.5 Å². The monoisotopic (exact) mass is 219 g/mol. The quantitative estimate of drug-likeness (QED) is 0.810. The number of hydrogen-bond acceptors (Lipinski definition) is 1. The Kier molecular flexibility index (Phi) is 5.03. The van der Waals surface area contributed by atoms with E-state index >= 15 is 0 Å². The zero-order chi connectivity index (χ0) is 12.0. The van der Waals surface area contributed by atoms with Gasteiger partial charge in [0.1, 0.15) is 0 Å². The van der Waals surface area contributed by atoms with E-state index in [9.17, 15) is 4.79 Å². The number of carbonyl (C=O) groups is 1. The van der Waals surface area contributed by atoms with E-state index < -0.39 is 0 Å². The third kappa shape index (κ3) is 3.69. The first kappa shape index (κ1) is 12.8. The van der Waals surface area contributed by atoms with Crippen molar-refractivity contribution < 1.29 is 4.79 Å². The first-order chi connectivity index (χ1) is 7.65. The molecule has 0 atom stereocenters. The Morgan fingerprint density at radius 2 is 2.00 bits per heavy atom. The minimum atomic E-state index is 0.120. The molecular formula is C14H21NO. The van der Waals surface area contributed by atoms with Crippen LogP contribution in [0, 0.1) is 0 Å². The topological polar surface area (TPSA) is 29.1 Å². The highest BCUT2D eigenvalue weighted by Gasteiger charge is 2.09. The van der Waals surface area contributed by atoms with Crippen LogP contribution in [-0.4, -0.2) is 12.5 Å². The third-order valence-electron chi connectivity index (χ3n) is 2.60. The van der Waals surface area contributed by atoms with Crippen molar-refractivity contribution in [3.05, 3.63) is 35.4 Å². The molecule has 0 spiro atoms. The van der Waals surface area contributed by atoms with Crippen molar-refractivity contribution in [2.45, 2.75) is 39.5 Å². The summed E-state index contributed by atoms with van der Waals surface area (Å²) < 4.78 is 0. The van der Waals surface area contributed by atoms with E-state index in [1.54, 1.807) is 0 Å². The highest BCUT2D eigenvalue weighted by atomic mass is 16.1. The molecule has 0 heterocycles. The van der Waals surface area contributed by atoms with E-state index in [1.807, 2.05) is 18.2 Å². The summed E-state index contributed by atoms with van der Waals surface area (Å²) in [5, 5.41) is 2.91. The van der Waals surface area contributed by atoms with Crippen molar-refractivity contribution in [2.75, 3.05) is 6.54 Å². The Bertz CT molecular complexity index is 344. The predicted molar refractivity (Wildman–Crippen MR) is 67.5 cm³/mol. The van der Waals surface area contributed by atoms with Crippen LogP contribution in [0.5, 0.6) is 0 Å². The molecular weight excluding hydrogens is 198 g/mol. The lowest BCUT2D eigenvalue weighted by Crippen LogP contribution is -2.26. The average Bonchev–Trinajstić information content (AvgIpc) is 2.27. The predicted octanol–water partition coefficient (Wildman–Crippen LogP) is 2.88. The number of amides is 1. The summed E-state index contributed by atoms with van der Waals surface area (Å²) in [4.78, 5) is 11.6. The number of nitrogens with one attached hydrogen (secondary N) is 1. The zero-order valence-electron chi connectivity index (χ0n) is 10.4. The molecule has 0 bridgehead atoms. The smallest absolute Gasteiger partial charge is 0.224 e. The maximum Gasteiger partial charge on any atom is 0.224 e. The van der Waals surface area contributed by atoms with Crippen LogP contribution in [0.25, 0.3) is 0 Å². The zero-order valence-corrected chi connectivity index (χ0v) is 10.4. The fraction of sp³-hybridized carbons (Fsp3) is 0.500. The Morgan fingerprint density at radius 1 is 1.31 bits per heavy atom. The fourth-order valence-electron chi connectivity index (χ4n) is 1.76. The molecule has 0 fully saturated rings. The molecule has 1 rings (SSSR count). The summed E-state index contributed by atoms with van der Waals surface area (Å²) in [7, 11) is 0. The normalized spacial score (nSPS) is 10.5. The average molecular weight is 219 g/mol. The van der Waals surface area contributed by atoms with Gasteiger partial charge in [-0.2, -0.15) is 0 Å². The first-order valence-electron chi connectivity index (χ1n) is 5.99. The van der Waals surface area contributed by atoms with E-state index in [-0.39, 0.29) is 5.91 Å². The summed E-state index contributed by atoms with van der Waals surface area (Å²) in [6.45, 7) is 7.14. The number of carbonyl (C=O) groups excluding carboxylic acids is 1. The largest absolute Gasteiger partial charge is 0.356 e. The summed E-state index contributed by atoms with van der Waals surface area (Å²) in [6.07, 6.45) is 1.48. The van der Waals surface area contributed by atoms with Crippen LogP contribution >= 0.6 is 0 Å². The fourth-order valence-corrected chi connectivity index (χ4v) is 1.76. The molecule has 1 aromatic rings. The van der Waals surface area contributed by atoms with E-state index in [1.165, 1.54) is 5.56 Å². The van der Waals surface area contributed by atoms with Crippen molar-refractivity contribution in [3.8, 4) is 0 Å². The highest BCUT2D eigenvalue weighted by molar-refractivity contribution is 5.78. The standard InChI is InChI=1S/C14H21NO/c1-4-9-15-14(16)10-12-7-5-6-8-13(12)11(2)3/h5-8,11H,4,9-10H2,1-3H3,(H,15,16). The Labute approximate surface area is 98.1 Å². The lowest BCUT2D eigenvalue weighted by Gasteiger charge is -2.12. The summed E-state index contributed by atoms with van der Waals surface area (Å²) in [6, 6.07) is 8.17. The van der Waals surface area contributed by atoms with Crippen molar-refractivity contribution >= 4 is 5.91 Å². The Morgan fingerprint density at radius 3 is 2.62 bits per heavy atom. The van der Waals surface area contributed by atoms with Gasteiger partial charge in [-0.15, -0.1) is 0 Å². The van der Waals surface area contributed by atoms with Crippen molar-refractivity contribution in [1.29, 1.82) is 0 Å². The SMILES string of the molecule is CCCNC(=O)Cc1ccccc1C(C)C. The van der Waals surface area contributed by atoms with E-state index in [2.05, 4.69) is 32.2 Å².